The van der Waals surface area contributed by atoms with Crippen LogP contribution in [0.25, 0.3) is 5.65 Å². The van der Waals surface area contributed by atoms with Crippen LogP contribution in [0.15, 0.2) is 52.2 Å². The largest absolute Gasteiger partial charge is 0.355 e. The number of anilines is 1. The molecule has 3 aromatic heterocycles. The van der Waals surface area contributed by atoms with Crippen molar-refractivity contribution in [3.63, 3.8) is 0 Å². The molecule has 0 aromatic carbocycles. The number of nitrogens with zero attached hydrogens (tertiary/aromatic N) is 4. The van der Waals surface area contributed by atoms with E-state index in [1.165, 1.54) is 4.40 Å². The zero-order valence-electron chi connectivity index (χ0n) is 14.6. The van der Waals surface area contributed by atoms with Gasteiger partial charge in [-0.3, -0.25) is 18.8 Å². The second-order valence-corrected chi connectivity index (χ2v) is 7.30. The summed E-state index contributed by atoms with van der Waals surface area (Å²) in [6.07, 6.45) is 3.23. The highest BCUT2D eigenvalue weighted by Crippen LogP contribution is 2.36. The Morgan fingerprint density at radius 2 is 1.93 bits per heavy atom. The minimum atomic E-state index is -0.349. The van der Waals surface area contributed by atoms with Crippen LogP contribution in [0.3, 0.4) is 0 Å². The molecule has 7 heteroatoms. The van der Waals surface area contributed by atoms with E-state index in [0.29, 0.717) is 37.4 Å². The smallest absolute Gasteiger partial charge is 0.270 e. The topological polar surface area (TPSA) is 76.7 Å². The molecule has 0 radical (unpaired) electrons. The number of fused-ring (bicyclic) bond motifs is 5. The number of carbonyl (C=O) groups excluding carboxylic acids is 1. The van der Waals surface area contributed by atoms with Crippen molar-refractivity contribution < 1.29 is 4.79 Å². The van der Waals surface area contributed by atoms with Gasteiger partial charge in [0.15, 0.2) is 6.29 Å². The van der Waals surface area contributed by atoms with Crippen molar-refractivity contribution in [3.05, 3.63) is 74.6 Å². The molecule has 5 heterocycles. The fourth-order valence-electron chi connectivity index (χ4n) is 4.50. The van der Waals surface area contributed by atoms with Gasteiger partial charge in [0.25, 0.3) is 11.1 Å². The van der Waals surface area contributed by atoms with Gasteiger partial charge in [0, 0.05) is 43.5 Å². The summed E-state index contributed by atoms with van der Waals surface area (Å²) in [6, 6.07) is 10.7. The van der Waals surface area contributed by atoms with Gasteiger partial charge in [0.1, 0.15) is 17.0 Å². The number of hydrogen-bond acceptors (Lipinski definition) is 5. The predicted molar refractivity (Wildman–Crippen MR) is 101 cm³/mol. The van der Waals surface area contributed by atoms with E-state index in [1.807, 2.05) is 21.6 Å². The molecule has 1 saturated heterocycles. The number of hydrogen-bond donors (Lipinski definition) is 0. The summed E-state index contributed by atoms with van der Waals surface area (Å²) in [4.78, 5) is 43.3. The van der Waals surface area contributed by atoms with Crippen molar-refractivity contribution in [3.8, 4) is 0 Å². The fraction of sp³-hybridized carbons (Fsp3) is 0.300. The normalized spacial score (nSPS) is 21.1. The molecule has 0 unspecified atom stereocenters. The molecule has 0 amide bonds. The van der Waals surface area contributed by atoms with Crippen LogP contribution in [0.2, 0.25) is 0 Å². The van der Waals surface area contributed by atoms with E-state index in [9.17, 15) is 14.4 Å². The predicted octanol–water partition coefficient (Wildman–Crippen LogP) is 1.29. The monoisotopic (exact) mass is 362 g/mol. The number of aldehydes is 1. The number of pyridine rings is 2. The summed E-state index contributed by atoms with van der Waals surface area (Å²) in [5, 5.41) is 0. The molecule has 136 valence electrons. The first-order valence-corrected chi connectivity index (χ1v) is 9.07. The third-order valence-corrected chi connectivity index (χ3v) is 5.65. The van der Waals surface area contributed by atoms with Crippen LogP contribution >= 0.6 is 0 Å². The molecule has 2 atom stereocenters. The second kappa shape index (κ2) is 5.90. The molecule has 5 rings (SSSR count). The maximum atomic E-state index is 12.7. The molecular formula is C20H18N4O3. The van der Waals surface area contributed by atoms with E-state index in [4.69, 9.17) is 0 Å². The lowest BCUT2D eigenvalue weighted by Gasteiger charge is -2.43. The minimum absolute atomic E-state index is 0.0336. The Bertz CT molecular complexity index is 1180. The molecule has 2 bridgehead atoms. The van der Waals surface area contributed by atoms with Crippen LogP contribution in [0, 0.1) is 5.92 Å². The molecule has 0 N–H and O–H groups in total. The van der Waals surface area contributed by atoms with Crippen molar-refractivity contribution in [2.24, 2.45) is 5.92 Å². The number of aromatic nitrogens is 3. The molecular weight excluding hydrogens is 344 g/mol. The Hall–Kier alpha value is -3.22. The molecule has 0 spiro atoms. The van der Waals surface area contributed by atoms with E-state index < -0.39 is 0 Å². The third kappa shape index (κ3) is 2.42. The van der Waals surface area contributed by atoms with E-state index in [1.54, 1.807) is 30.5 Å². The summed E-state index contributed by atoms with van der Waals surface area (Å²) in [6.45, 7) is 1.97. The molecule has 7 nitrogen and oxygen atoms in total. The van der Waals surface area contributed by atoms with Crippen molar-refractivity contribution in [1.82, 2.24) is 14.0 Å². The maximum Gasteiger partial charge on any atom is 0.270 e. The SMILES string of the molecule is O=Cc1c(N2C[C@@H]3C[C@@H](C2)c2cccc(=O)n2C3)nc2ccccn2c1=O. The maximum absolute atomic E-state index is 12.7. The average Bonchev–Trinajstić information content (AvgIpc) is 2.69. The van der Waals surface area contributed by atoms with Gasteiger partial charge in [-0.05, 0) is 30.5 Å². The van der Waals surface area contributed by atoms with Gasteiger partial charge in [-0.15, -0.1) is 0 Å². The summed E-state index contributed by atoms with van der Waals surface area (Å²) < 4.78 is 3.26. The van der Waals surface area contributed by atoms with E-state index >= 15 is 0 Å². The van der Waals surface area contributed by atoms with Crippen LogP contribution in [0.4, 0.5) is 5.82 Å². The van der Waals surface area contributed by atoms with Crippen molar-refractivity contribution in [2.75, 3.05) is 18.0 Å². The Balaban J connectivity index is 1.62. The Morgan fingerprint density at radius 1 is 1.04 bits per heavy atom. The van der Waals surface area contributed by atoms with E-state index in [-0.39, 0.29) is 28.5 Å². The first-order chi connectivity index (χ1) is 13.2. The molecule has 27 heavy (non-hydrogen) atoms. The molecule has 3 aromatic rings. The van der Waals surface area contributed by atoms with Crippen LogP contribution in [-0.4, -0.2) is 33.3 Å². The Kier molecular flexibility index (Phi) is 3.50. The molecule has 0 aliphatic carbocycles. The molecule has 2 aliphatic heterocycles. The Labute approximate surface area is 154 Å². The highest BCUT2D eigenvalue weighted by atomic mass is 16.1. The molecule has 0 saturated carbocycles. The van der Waals surface area contributed by atoms with Gasteiger partial charge in [0.2, 0.25) is 0 Å². The van der Waals surface area contributed by atoms with Gasteiger partial charge in [-0.2, -0.15) is 0 Å². The highest BCUT2D eigenvalue weighted by molar-refractivity contribution is 5.83. The summed E-state index contributed by atoms with van der Waals surface area (Å²) in [5.74, 6) is 0.913. The zero-order chi connectivity index (χ0) is 18.5. The highest BCUT2D eigenvalue weighted by Gasteiger charge is 2.36. The summed E-state index contributed by atoms with van der Waals surface area (Å²) >= 11 is 0. The number of carbonyl (C=O) groups is 1. The first kappa shape index (κ1) is 16.0. The number of piperidine rings is 1. The van der Waals surface area contributed by atoms with Gasteiger partial charge in [-0.1, -0.05) is 12.1 Å². The van der Waals surface area contributed by atoms with Crippen LogP contribution in [0.5, 0.6) is 0 Å². The van der Waals surface area contributed by atoms with Gasteiger partial charge >= 0.3 is 0 Å². The first-order valence-electron chi connectivity index (χ1n) is 9.07. The average molecular weight is 362 g/mol. The molecule has 2 aliphatic rings. The second-order valence-electron chi connectivity index (χ2n) is 7.30. The van der Waals surface area contributed by atoms with Crippen molar-refractivity contribution >= 4 is 17.8 Å². The zero-order valence-corrected chi connectivity index (χ0v) is 14.6. The standard InChI is InChI=1S/C20H18N4O3/c25-12-15-19(21-17-5-1-2-7-23(17)20(15)27)22-9-13-8-14(11-22)16-4-3-6-18(26)24(16)10-13/h1-7,12-14H,8-11H2/t13-,14-/m0/s1. The lowest BCUT2D eigenvalue weighted by Crippen LogP contribution is -2.48. The van der Waals surface area contributed by atoms with Crippen LogP contribution < -0.4 is 16.0 Å². The quantitative estimate of drug-likeness (QED) is 0.642. The van der Waals surface area contributed by atoms with Gasteiger partial charge in [-0.25, -0.2) is 4.98 Å². The summed E-state index contributed by atoms with van der Waals surface area (Å²) in [7, 11) is 0. The minimum Gasteiger partial charge on any atom is -0.355 e. The number of rotatable bonds is 2. The lowest BCUT2D eigenvalue weighted by molar-refractivity contribution is 0.112. The molecule has 1 fully saturated rings. The van der Waals surface area contributed by atoms with E-state index in [0.717, 1.165) is 12.1 Å². The van der Waals surface area contributed by atoms with Crippen LogP contribution in [0.1, 0.15) is 28.4 Å². The van der Waals surface area contributed by atoms with Gasteiger partial charge in [0.05, 0.1) is 0 Å². The summed E-state index contributed by atoms with van der Waals surface area (Å²) in [5.41, 5.74) is 1.32. The Morgan fingerprint density at radius 3 is 2.78 bits per heavy atom. The van der Waals surface area contributed by atoms with E-state index in [2.05, 4.69) is 4.98 Å². The van der Waals surface area contributed by atoms with Gasteiger partial charge < -0.3 is 9.47 Å². The lowest BCUT2D eigenvalue weighted by atomic mass is 9.83. The third-order valence-electron chi connectivity index (χ3n) is 5.65. The van der Waals surface area contributed by atoms with Crippen molar-refractivity contribution in [2.45, 2.75) is 18.9 Å². The van der Waals surface area contributed by atoms with Crippen molar-refractivity contribution in [1.29, 1.82) is 0 Å². The fourth-order valence-corrected chi connectivity index (χ4v) is 4.50. The van der Waals surface area contributed by atoms with Crippen LogP contribution in [-0.2, 0) is 6.54 Å².